The van der Waals surface area contributed by atoms with Crippen LogP contribution >= 0.6 is 11.6 Å². The number of carbonyl (C=O) groups excluding carboxylic acids is 1. The first kappa shape index (κ1) is 13.8. The summed E-state index contributed by atoms with van der Waals surface area (Å²) in [6.07, 6.45) is -0.315. The van der Waals surface area contributed by atoms with Gasteiger partial charge in [0.05, 0.1) is 0 Å². The van der Waals surface area contributed by atoms with Crippen LogP contribution in [-0.2, 0) is 11.3 Å². The molecule has 0 fully saturated rings. The third-order valence-corrected chi connectivity index (χ3v) is 2.56. The molecule has 0 aliphatic heterocycles. The molecule has 0 spiro atoms. The monoisotopic (exact) mass is 255 g/mol. The fourth-order valence-corrected chi connectivity index (χ4v) is 1.64. The van der Waals surface area contributed by atoms with Gasteiger partial charge in [0.25, 0.3) is 0 Å². The molecular formula is C13H18ClNO2. The molecule has 0 unspecified atom stereocenters. The molecule has 0 aliphatic rings. The molecule has 0 heterocycles. The van der Waals surface area contributed by atoms with Crippen LogP contribution in [0.1, 0.15) is 19.4 Å². The van der Waals surface area contributed by atoms with Crippen molar-refractivity contribution in [2.24, 2.45) is 0 Å². The van der Waals surface area contributed by atoms with Crippen molar-refractivity contribution < 1.29 is 9.53 Å². The van der Waals surface area contributed by atoms with E-state index < -0.39 is 0 Å². The van der Waals surface area contributed by atoms with Crippen molar-refractivity contribution in [2.45, 2.75) is 26.5 Å². The summed E-state index contributed by atoms with van der Waals surface area (Å²) < 4.78 is 5.23. The van der Waals surface area contributed by atoms with E-state index in [0.717, 1.165) is 5.56 Å². The molecule has 0 aliphatic carbocycles. The molecule has 1 aromatic carbocycles. The summed E-state index contributed by atoms with van der Waals surface area (Å²) in [5, 5.41) is 0. The zero-order chi connectivity index (χ0) is 12.7. The van der Waals surface area contributed by atoms with E-state index in [4.69, 9.17) is 16.3 Å². The Morgan fingerprint density at radius 1 is 1.35 bits per heavy atom. The predicted octanol–water partition coefficient (Wildman–Crippen LogP) is 3.27. The van der Waals surface area contributed by atoms with Gasteiger partial charge in [-0.15, -0.1) is 11.6 Å². The second kappa shape index (κ2) is 7.17. The lowest BCUT2D eigenvalue weighted by molar-refractivity contribution is 0.0884. The Morgan fingerprint density at radius 2 is 2.00 bits per heavy atom. The number of rotatable bonds is 5. The fraction of sp³-hybridized carbons (Fsp3) is 0.462. The van der Waals surface area contributed by atoms with E-state index in [1.807, 2.05) is 44.2 Å². The highest BCUT2D eigenvalue weighted by atomic mass is 35.5. The van der Waals surface area contributed by atoms with E-state index in [1.165, 1.54) is 0 Å². The Morgan fingerprint density at radius 3 is 2.53 bits per heavy atom. The Hall–Kier alpha value is -1.22. The van der Waals surface area contributed by atoms with Crippen LogP contribution in [0, 0.1) is 0 Å². The van der Waals surface area contributed by atoms with E-state index in [1.54, 1.807) is 4.90 Å². The molecule has 1 amide bonds. The van der Waals surface area contributed by atoms with E-state index in [0.29, 0.717) is 19.0 Å². The highest BCUT2D eigenvalue weighted by molar-refractivity contribution is 6.18. The zero-order valence-electron chi connectivity index (χ0n) is 10.2. The van der Waals surface area contributed by atoms with Crippen molar-refractivity contribution >= 4 is 17.7 Å². The minimum absolute atomic E-state index is 0.0945. The van der Waals surface area contributed by atoms with Gasteiger partial charge in [-0.1, -0.05) is 30.3 Å². The van der Waals surface area contributed by atoms with Crippen molar-refractivity contribution in [1.29, 1.82) is 0 Å². The number of hydrogen-bond acceptors (Lipinski definition) is 2. The van der Waals surface area contributed by atoms with Gasteiger partial charge in [0.2, 0.25) is 0 Å². The molecule has 0 atom stereocenters. The molecule has 0 aromatic heterocycles. The van der Waals surface area contributed by atoms with Gasteiger partial charge in [0, 0.05) is 18.5 Å². The van der Waals surface area contributed by atoms with Gasteiger partial charge in [0.1, 0.15) is 6.61 Å². The van der Waals surface area contributed by atoms with Gasteiger partial charge < -0.3 is 9.64 Å². The molecule has 3 nitrogen and oxygen atoms in total. The lowest BCUT2D eigenvalue weighted by atomic mass is 10.2. The molecular weight excluding hydrogens is 238 g/mol. The van der Waals surface area contributed by atoms with Crippen LogP contribution in [0.5, 0.6) is 0 Å². The van der Waals surface area contributed by atoms with Crippen LogP contribution in [0.25, 0.3) is 0 Å². The Kier molecular flexibility index (Phi) is 5.84. The second-order valence-electron chi connectivity index (χ2n) is 4.02. The lowest BCUT2D eigenvalue weighted by Crippen LogP contribution is -2.38. The third kappa shape index (κ3) is 4.65. The van der Waals surface area contributed by atoms with E-state index in [9.17, 15) is 4.79 Å². The van der Waals surface area contributed by atoms with Crippen molar-refractivity contribution in [3.63, 3.8) is 0 Å². The number of nitrogens with zero attached hydrogens (tertiary/aromatic N) is 1. The van der Waals surface area contributed by atoms with Crippen LogP contribution in [-0.4, -0.2) is 29.5 Å². The van der Waals surface area contributed by atoms with Crippen LogP contribution in [0.4, 0.5) is 4.79 Å². The summed E-state index contributed by atoms with van der Waals surface area (Å²) in [7, 11) is 0. The average Bonchev–Trinajstić information content (AvgIpc) is 2.34. The molecule has 0 bridgehead atoms. The molecule has 0 saturated heterocycles. The molecule has 0 N–H and O–H groups in total. The molecule has 94 valence electrons. The van der Waals surface area contributed by atoms with Gasteiger partial charge in [-0.25, -0.2) is 4.79 Å². The first-order chi connectivity index (χ1) is 8.15. The number of halogens is 1. The van der Waals surface area contributed by atoms with Gasteiger partial charge >= 0.3 is 6.09 Å². The fourth-order valence-electron chi connectivity index (χ4n) is 1.45. The summed E-state index contributed by atoms with van der Waals surface area (Å²) in [6, 6.07) is 9.71. The topological polar surface area (TPSA) is 29.5 Å². The van der Waals surface area contributed by atoms with Crippen molar-refractivity contribution in [3.05, 3.63) is 35.9 Å². The number of amides is 1. The lowest BCUT2D eigenvalue weighted by Gasteiger charge is -2.24. The first-order valence-corrected chi connectivity index (χ1v) is 6.22. The number of carbonyl (C=O) groups is 1. The zero-order valence-corrected chi connectivity index (χ0v) is 11.0. The summed E-state index contributed by atoms with van der Waals surface area (Å²) in [6.45, 7) is 4.69. The average molecular weight is 256 g/mol. The van der Waals surface area contributed by atoms with Crippen LogP contribution < -0.4 is 0 Å². The van der Waals surface area contributed by atoms with Crippen molar-refractivity contribution in [2.75, 3.05) is 12.4 Å². The van der Waals surface area contributed by atoms with Gasteiger partial charge in [-0.05, 0) is 19.4 Å². The Balaban J connectivity index is 2.47. The molecule has 4 heteroatoms. The predicted molar refractivity (Wildman–Crippen MR) is 69.2 cm³/mol. The minimum atomic E-state index is -0.315. The number of benzene rings is 1. The second-order valence-corrected chi connectivity index (χ2v) is 4.39. The number of hydrogen-bond donors (Lipinski definition) is 0. The first-order valence-electron chi connectivity index (χ1n) is 5.68. The van der Waals surface area contributed by atoms with Crippen molar-refractivity contribution in [1.82, 2.24) is 4.90 Å². The Bertz CT molecular complexity index is 341. The molecule has 1 aromatic rings. The van der Waals surface area contributed by atoms with Crippen molar-refractivity contribution in [3.8, 4) is 0 Å². The van der Waals surface area contributed by atoms with Gasteiger partial charge in [-0.3, -0.25) is 0 Å². The smallest absolute Gasteiger partial charge is 0.410 e. The molecule has 0 saturated carbocycles. The SMILES string of the molecule is CC(C)N(CCCl)C(=O)OCc1ccccc1. The number of ether oxygens (including phenoxy) is 1. The standard InChI is InChI=1S/C13H18ClNO2/c1-11(2)15(9-8-14)13(16)17-10-12-6-4-3-5-7-12/h3-7,11H,8-10H2,1-2H3. The van der Waals surface area contributed by atoms with Gasteiger partial charge in [0.15, 0.2) is 0 Å². The van der Waals surface area contributed by atoms with Crippen LogP contribution in [0.15, 0.2) is 30.3 Å². The normalized spacial score (nSPS) is 10.4. The van der Waals surface area contributed by atoms with Gasteiger partial charge in [-0.2, -0.15) is 0 Å². The van der Waals surface area contributed by atoms with E-state index >= 15 is 0 Å². The molecule has 1 rings (SSSR count). The van der Waals surface area contributed by atoms with E-state index in [-0.39, 0.29) is 12.1 Å². The summed E-state index contributed by atoms with van der Waals surface area (Å²) >= 11 is 5.65. The maximum atomic E-state index is 11.8. The molecule has 17 heavy (non-hydrogen) atoms. The largest absolute Gasteiger partial charge is 0.445 e. The summed E-state index contributed by atoms with van der Waals surface area (Å²) in [4.78, 5) is 13.4. The van der Waals surface area contributed by atoms with Crippen LogP contribution in [0.3, 0.4) is 0 Å². The Labute approximate surface area is 107 Å². The number of alkyl halides is 1. The highest BCUT2D eigenvalue weighted by Gasteiger charge is 2.17. The van der Waals surface area contributed by atoms with E-state index in [2.05, 4.69) is 0 Å². The maximum Gasteiger partial charge on any atom is 0.410 e. The summed E-state index contributed by atoms with van der Waals surface area (Å²) in [5.74, 6) is 0.415. The minimum Gasteiger partial charge on any atom is -0.445 e. The maximum absolute atomic E-state index is 11.8. The van der Waals surface area contributed by atoms with Crippen LogP contribution in [0.2, 0.25) is 0 Å². The molecule has 0 radical (unpaired) electrons. The third-order valence-electron chi connectivity index (χ3n) is 2.39. The quantitative estimate of drug-likeness (QED) is 0.756. The highest BCUT2D eigenvalue weighted by Crippen LogP contribution is 2.06. The summed E-state index contributed by atoms with van der Waals surface area (Å²) in [5.41, 5.74) is 0.982.